The van der Waals surface area contributed by atoms with Gasteiger partial charge in [-0.3, -0.25) is 9.59 Å². The van der Waals surface area contributed by atoms with Crippen LogP contribution in [0.3, 0.4) is 0 Å². The molecule has 6 nitrogen and oxygen atoms in total. The van der Waals surface area contributed by atoms with Crippen LogP contribution in [-0.4, -0.2) is 29.7 Å². The fourth-order valence-corrected chi connectivity index (χ4v) is 2.51. The smallest absolute Gasteiger partial charge is 0.453 e. The molecule has 0 atom stereocenters. The molecular weight excluding hydrogens is 463 g/mol. The Balaban J connectivity index is 0.000000238. The topological polar surface area (TPSA) is 101 Å². The molecule has 0 aliphatic rings. The number of halogens is 1. The number of aldehydes is 2. The molecule has 160 valence electrons. The Kier molecular flexibility index (Phi) is 11.6. The van der Waals surface area contributed by atoms with E-state index in [4.69, 9.17) is 18.9 Å². The molecule has 2 heterocycles. The van der Waals surface area contributed by atoms with E-state index in [1.54, 1.807) is 48.5 Å². The summed E-state index contributed by atoms with van der Waals surface area (Å²) in [5, 5.41) is 17.2. The van der Waals surface area contributed by atoms with Crippen LogP contribution in [0.5, 0.6) is 0 Å². The number of carbonyl (C=O) groups is 2. The van der Waals surface area contributed by atoms with Gasteiger partial charge in [0.05, 0.1) is 0 Å². The average Bonchev–Trinajstić information content (AvgIpc) is 3.45. The normalized spacial score (nSPS) is 9.13. The van der Waals surface area contributed by atoms with Gasteiger partial charge in [0.25, 0.3) is 0 Å². The van der Waals surface area contributed by atoms with E-state index in [1.165, 1.54) is 0 Å². The van der Waals surface area contributed by atoms with Crippen molar-refractivity contribution in [2.75, 3.05) is 0 Å². The lowest BCUT2D eigenvalue weighted by Gasteiger charge is -1.94. The second kappa shape index (κ2) is 13.9. The summed E-state index contributed by atoms with van der Waals surface area (Å²) in [6.45, 7) is 0. The van der Waals surface area contributed by atoms with E-state index in [0.29, 0.717) is 34.2 Å². The maximum absolute atomic E-state index is 10.4. The van der Waals surface area contributed by atoms with Crippen molar-refractivity contribution in [3.8, 4) is 11.3 Å². The Morgan fingerprint density at radius 3 is 1.61 bits per heavy atom. The van der Waals surface area contributed by atoms with Crippen molar-refractivity contribution in [3.05, 3.63) is 101 Å². The van der Waals surface area contributed by atoms with Crippen molar-refractivity contribution >= 4 is 41.1 Å². The number of hydrogen-bond donors (Lipinski definition) is 2. The van der Waals surface area contributed by atoms with Crippen LogP contribution in [0.25, 0.3) is 11.3 Å². The van der Waals surface area contributed by atoms with Crippen LogP contribution >= 0.6 is 15.9 Å². The van der Waals surface area contributed by atoms with Crippen molar-refractivity contribution in [3.63, 3.8) is 0 Å². The van der Waals surface area contributed by atoms with Crippen LogP contribution < -0.4 is 5.46 Å². The number of rotatable bonds is 4. The molecule has 0 aliphatic heterocycles. The number of benzene rings is 2. The first-order chi connectivity index (χ1) is 14.5. The van der Waals surface area contributed by atoms with E-state index >= 15 is 0 Å². The van der Waals surface area contributed by atoms with Gasteiger partial charge in [0, 0.05) is 5.56 Å². The van der Waals surface area contributed by atoms with Gasteiger partial charge in [-0.15, -0.1) is 0 Å². The van der Waals surface area contributed by atoms with Crippen LogP contribution in [0, 0.1) is 0 Å². The lowest BCUT2D eigenvalue weighted by molar-refractivity contribution is 0.109. The molecule has 2 aromatic heterocycles. The standard InChI is InChI=1S/C11H8O2.C6H7BO2.C5H3BrO2.CH4/c12-8-10-6-7-11(13-10)9-4-2-1-3-5-9;8-7(9)6-4-2-1-3-5-6;6-5-2-1-4(3-7)8-5;/h1-8H;1-5,8-9H;1-3H;1H4. The van der Waals surface area contributed by atoms with Crippen molar-refractivity contribution < 1.29 is 28.5 Å². The molecule has 4 rings (SSSR count). The highest BCUT2D eigenvalue weighted by Gasteiger charge is 2.07. The Morgan fingerprint density at radius 2 is 1.23 bits per heavy atom. The van der Waals surface area contributed by atoms with Crippen LogP contribution in [0.15, 0.2) is 98.4 Å². The van der Waals surface area contributed by atoms with Gasteiger partial charge in [-0.1, -0.05) is 68.1 Å². The maximum atomic E-state index is 10.4. The SMILES string of the molecule is C.O=Cc1ccc(-c2ccccc2)o1.O=Cc1ccc(Br)o1.OB(O)c1ccccc1. The summed E-state index contributed by atoms with van der Waals surface area (Å²) in [7, 11) is -1.34. The lowest BCUT2D eigenvalue weighted by Crippen LogP contribution is -2.29. The molecule has 0 fully saturated rings. The summed E-state index contributed by atoms with van der Waals surface area (Å²) in [5.41, 5.74) is 1.51. The number of carbonyl (C=O) groups excluding carboxylic acids is 2. The van der Waals surface area contributed by atoms with Gasteiger partial charge in [-0.2, -0.15) is 0 Å². The fraction of sp³-hybridized carbons (Fsp3) is 0.0435. The Labute approximate surface area is 189 Å². The molecule has 2 aromatic carbocycles. The third-order valence-corrected chi connectivity index (χ3v) is 4.04. The van der Waals surface area contributed by atoms with Crippen LogP contribution in [0.1, 0.15) is 28.5 Å². The summed E-state index contributed by atoms with van der Waals surface area (Å²) in [6, 6.07) is 25.0. The zero-order chi connectivity index (χ0) is 21.8. The zero-order valence-electron chi connectivity index (χ0n) is 15.7. The molecular formula is C23H22BBrO6. The summed E-state index contributed by atoms with van der Waals surface area (Å²) in [4.78, 5) is 20.3. The van der Waals surface area contributed by atoms with Gasteiger partial charge < -0.3 is 18.9 Å². The molecule has 0 unspecified atom stereocenters. The van der Waals surface area contributed by atoms with E-state index in [-0.39, 0.29) is 7.43 Å². The molecule has 2 N–H and O–H groups in total. The van der Waals surface area contributed by atoms with E-state index < -0.39 is 7.12 Å². The maximum Gasteiger partial charge on any atom is 0.488 e. The van der Waals surface area contributed by atoms with Crippen LogP contribution in [0.4, 0.5) is 0 Å². The van der Waals surface area contributed by atoms with Gasteiger partial charge in [-0.25, -0.2) is 0 Å². The summed E-state index contributed by atoms with van der Waals surface area (Å²) < 4.78 is 10.6. The van der Waals surface area contributed by atoms with Gasteiger partial charge in [0.1, 0.15) is 5.76 Å². The summed E-state index contributed by atoms with van der Waals surface area (Å²) in [6.07, 6.45) is 1.36. The zero-order valence-corrected chi connectivity index (χ0v) is 17.3. The van der Waals surface area contributed by atoms with Crippen LogP contribution in [0.2, 0.25) is 0 Å². The first kappa shape index (κ1) is 25.8. The minimum absolute atomic E-state index is 0. The first-order valence-electron chi connectivity index (χ1n) is 8.75. The highest BCUT2D eigenvalue weighted by Crippen LogP contribution is 2.20. The van der Waals surface area contributed by atoms with Crippen LogP contribution in [-0.2, 0) is 0 Å². The van der Waals surface area contributed by atoms with Crippen molar-refractivity contribution in [2.45, 2.75) is 7.43 Å². The molecule has 0 amide bonds. The Morgan fingerprint density at radius 1 is 0.710 bits per heavy atom. The minimum Gasteiger partial charge on any atom is -0.453 e. The van der Waals surface area contributed by atoms with E-state index in [9.17, 15) is 9.59 Å². The molecule has 0 bridgehead atoms. The monoisotopic (exact) mass is 484 g/mol. The van der Waals surface area contributed by atoms with Gasteiger partial charge in [-0.05, 0) is 45.7 Å². The summed E-state index contributed by atoms with van der Waals surface area (Å²) in [5.74, 6) is 1.43. The van der Waals surface area contributed by atoms with Gasteiger partial charge in [0.15, 0.2) is 28.8 Å². The summed E-state index contributed by atoms with van der Waals surface area (Å²) >= 11 is 3.05. The van der Waals surface area contributed by atoms with Crippen molar-refractivity contribution in [1.29, 1.82) is 0 Å². The molecule has 0 spiro atoms. The van der Waals surface area contributed by atoms with E-state index in [0.717, 1.165) is 11.3 Å². The largest absolute Gasteiger partial charge is 0.488 e. The predicted molar refractivity (Wildman–Crippen MR) is 124 cm³/mol. The highest BCUT2D eigenvalue weighted by molar-refractivity contribution is 9.10. The van der Waals surface area contributed by atoms with Crippen molar-refractivity contribution in [2.24, 2.45) is 0 Å². The van der Waals surface area contributed by atoms with Crippen molar-refractivity contribution in [1.82, 2.24) is 0 Å². The minimum atomic E-state index is -1.34. The second-order valence-corrected chi connectivity index (χ2v) is 6.51. The van der Waals surface area contributed by atoms with E-state index in [1.807, 2.05) is 36.4 Å². The third kappa shape index (κ3) is 9.00. The molecule has 0 saturated carbocycles. The molecule has 4 aromatic rings. The molecule has 0 saturated heterocycles. The predicted octanol–water partition coefficient (Wildman–Crippen LogP) is 4.62. The highest BCUT2D eigenvalue weighted by atomic mass is 79.9. The molecule has 0 radical (unpaired) electrons. The Bertz CT molecular complexity index is 1030. The van der Waals surface area contributed by atoms with Gasteiger partial charge in [0.2, 0.25) is 0 Å². The molecule has 8 heteroatoms. The molecule has 0 aliphatic carbocycles. The number of hydrogen-bond acceptors (Lipinski definition) is 6. The fourth-order valence-electron chi connectivity index (χ4n) is 2.19. The van der Waals surface area contributed by atoms with Gasteiger partial charge >= 0.3 is 7.12 Å². The average molecular weight is 485 g/mol. The lowest BCUT2D eigenvalue weighted by atomic mass is 9.81. The number of furan rings is 2. The first-order valence-corrected chi connectivity index (χ1v) is 9.55. The second-order valence-electron chi connectivity index (χ2n) is 5.73. The quantitative estimate of drug-likeness (QED) is 0.324. The Hall–Kier alpha value is -3.20. The third-order valence-electron chi connectivity index (χ3n) is 3.61. The molecule has 31 heavy (non-hydrogen) atoms. The van der Waals surface area contributed by atoms with E-state index in [2.05, 4.69) is 15.9 Å².